The summed E-state index contributed by atoms with van der Waals surface area (Å²) in [5.74, 6) is -2.59. The van der Waals surface area contributed by atoms with Gasteiger partial charge in [0.2, 0.25) is 0 Å². The van der Waals surface area contributed by atoms with E-state index in [2.05, 4.69) is 14.5 Å². The maximum Gasteiger partial charge on any atom is 0.574 e. The monoisotopic (exact) mass is 300 g/mol. The van der Waals surface area contributed by atoms with Crippen molar-refractivity contribution in [1.29, 1.82) is 5.26 Å². The molecule has 0 saturated heterocycles. The average molecular weight is 300 g/mol. The van der Waals surface area contributed by atoms with E-state index in [1.54, 1.807) is 0 Å². The molecule has 0 unspecified atom stereocenters. The molecule has 1 rings (SSSR count). The van der Waals surface area contributed by atoms with Crippen molar-refractivity contribution in [3.05, 3.63) is 17.3 Å². The number of methoxy groups -OCH3 is 1. The molecule has 0 aliphatic rings. The van der Waals surface area contributed by atoms with Crippen LogP contribution in [0, 0.1) is 11.3 Å². The van der Waals surface area contributed by atoms with Gasteiger partial charge in [-0.1, -0.05) is 0 Å². The lowest BCUT2D eigenvalue weighted by Gasteiger charge is -2.18. The Labute approximate surface area is 108 Å². The Kier molecular flexibility index (Phi) is 4.32. The molecule has 0 fully saturated rings. The molecule has 0 N–H and O–H groups in total. The summed E-state index contributed by atoms with van der Waals surface area (Å²) in [5, 5.41) is 8.43. The van der Waals surface area contributed by atoms with Gasteiger partial charge in [0.1, 0.15) is 5.56 Å². The van der Waals surface area contributed by atoms with Gasteiger partial charge in [0, 0.05) is 11.8 Å². The fraction of sp³-hybridized carbons (Fsp3) is 0.400. The van der Waals surface area contributed by atoms with Crippen molar-refractivity contribution >= 4 is 0 Å². The number of hydrogen-bond acceptors (Lipinski definition) is 4. The van der Waals surface area contributed by atoms with Crippen LogP contribution in [0.5, 0.6) is 11.6 Å². The number of pyridine rings is 1. The van der Waals surface area contributed by atoms with Gasteiger partial charge in [0.05, 0.1) is 19.6 Å². The first-order chi connectivity index (χ1) is 9.10. The number of aromatic nitrogens is 1. The summed E-state index contributed by atoms with van der Waals surface area (Å²) in [6.07, 6.45) is -10.4. The zero-order chi connectivity index (χ0) is 15.6. The molecule has 0 aliphatic carbocycles. The van der Waals surface area contributed by atoms with E-state index >= 15 is 0 Å². The van der Waals surface area contributed by atoms with Crippen LogP contribution in [0.2, 0.25) is 0 Å². The van der Waals surface area contributed by atoms with Crippen LogP contribution in [0.15, 0.2) is 6.20 Å². The lowest BCUT2D eigenvalue weighted by atomic mass is 10.1. The van der Waals surface area contributed by atoms with Gasteiger partial charge in [0.25, 0.3) is 5.88 Å². The molecule has 0 saturated carbocycles. The second-order valence-electron chi connectivity index (χ2n) is 3.38. The Morgan fingerprint density at radius 1 is 1.25 bits per heavy atom. The predicted molar refractivity (Wildman–Crippen MR) is 51.8 cm³/mol. The number of nitrogens with zero attached hydrogens (tertiary/aromatic N) is 2. The van der Waals surface area contributed by atoms with E-state index in [9.17, 15) is 26.3 Å². The smallest absolute Gasteiger partial charge is 0.491 e. The zero-order valence-corrected chi connectivity index (χ0v) is 9.76. The Morgan fingerprint density at radius 3 is 2.25 bits per heavy atom. The van der Waals surface area contributed by atoms with E-state index in [0.717, 1.165) is 7.11 Å². The highest BCUT2D eigenvalue weighted by Crippen LogP contribution is 2.43. The minimum Gasteiger partial charge on any atom is -0.491 e. The Balaban J connectivity index is 3.49. The van der Waals surface area contributed by atoms with Crippen LogP contribution in [0.1, 0.15) is 11.1 Å². The van der Waals surface area contributed by atoms with Crippen molar-refractivity contribution in [2.45, 2.75) is 19.0 Å². The average Bonchev–Trinajstić information content (AvgIpc) is 2.27. The van der Waals surface area contributed by atoms with Gasteiger partial charge < -0.3 is 9.47 Å². The Bertz CT molecular complexity index is 532. The highest BCUT2D eigenvalue weighted by Gasteiger charge is 2.41. The SMILES string of the molecule is COc1c(OC(F)(F)F)ncc(CC#N)c1C(F)(F)F. The number of hydrogen-bond donors (Lipinski definition) is 0. The molecule has 0 atom stereocenters. The molecule has 110 valence electrons. The minimum atomic E-state index is -5.22. The van der Waals surface area contributed by atoms with Crippen molar-refractivity contribution in [2.24, 2.45) is 0 Å². The fourth-order valence-corrected chi connectivity index (χ4v) is 1.41. The molecule has 20 heavy (non-hydrogen) atoms. The van der Waals surface area contributed by atoms with Crippen LogP contribution in [0.25, 0.3) is 0 Å². The van der Waals surface area contributed by atoms with Crippen molar-refractivity contribution in [2.75, 3.05) is 7.11 Å². The Morgan fingerprint density at radius 2 is 1.85 bits per heavy atom. The van der Waals surface area contributed by atoms with Crippen LogP contribution in [0.3, 0.4) is 0 Å². The molecule has 1 aromatic heterocycles. The summed E-state index contributed by atoms with van der Waals surface area (Å²) in [4.78, 5) is 3.11. The second-order valence-corrected chi connectivity index (χ2v) is 3.38. The zero-order valence-electron chi connectivity index (χ0n) is 9.76. The molecular formula is C10H6F6N2O2. The molecule has 0 radical (unpaired) electrons. The normalized spacial score (nSPS) is 11.9. The van der Waals surface area contributed by atoms with Gasteiger partial charge >= 0.3 is 12.5 Å². The number of ether oxygens (including phenoxy) is 2. The van der Waals surface area contributed by atoms with Crippen molar-refractivity contribution in [3.63, 3.8) is 0 Å². The number of rotatable bonds is 3. The lowest BCUT2D eigenvalue weighted by molar-refractivity contribution is -0.276. The molecule has 0 aliphatic heterocycles. The van der Waals surface area contributed by atoms with E-state index in [-0.39, 0.29) is 0 Å². The summed E-state index contributed by atoms with van der Waals surface area (Å²) >= 11 is 0. The summed E-state index contributed by atoms with van der Waals surface area (Å²) in [5.41, 5.74) is -2.12. The summed E-state index contributed by atoms with van der Waals surface area (Å²) in [6.45, 7) is 0. The Hall–Kier alpha value is -2.18. The van der Waals surface area contributed by atoms with Gasteiger partial charge in [-0.05, 0) is 0 Å². The van der Waals surface area contributed by atoms with Crippen molar-refractivity contribution < 1.29 is 35.8 Å². The molecule has 0 spiro atoms. The van der Waals surface area contributed by atoms with Crippen LogP contribution >= 0.6 is 0 Å². The maximum atomic E-state index is 12.9. The lowest BCUT2D eigenvalue weighted by Crippen LogP contribution is -2.20. The maximum absolute atomic E-state index is 12.9. The van der Waals surface area contributed by atoms with E-state index in [1.807, 2.05) is 0 Å². The standard InChI is InChI=1S/C10H6F6N2O2/c1-19-7-6(9(11,12)13)5(2-3-17)4-18-8(7)20-10(14,15)16/h4H,2H2,1H3. The summed E-state index contributed by atoms with van der Waals surface area (Å²) in [7, 11) is 0.742. The van der Waals surface area contributed by atoms with E-state index in [1.165, 1.54) is 6.07 Å². The molecular weight excluding hydrogens is 294 g/mol. The number of alkyl halides is 6. The highest BCUT2D eigenvalue weighted by atomic mass is 19.4. The van der Waals surface area contributed by atoms with Crippen LogP contribution < -0.4 is 9.47 Å². The summed E-state index contributed by atoms with van der Waals surface area (Å²) < 4.78 is 82.6. The molecule has 4 nitrogen and oxygen atoms in total. The first-order valence-corrected chi connectivity index (χ1v) is 4.86. The quantitative estimate of drug-likeness (QED) is 0.805. The van der Waals surface area contributed by atoms with Crippen LogP contribution in [-0.4, -0.2) is 18.5 Å². The molecule has 0 amide bonds. The molecule has 0 bridgehead atoms. The number of nitriles is 1. The van der Waals surface area contributed by atoms with Crippen molar-refractivity contribution in [3.8, 4) is 17.7 Å². The van der Waals surface area contributed by atoms with Gasteiger partial charge in [-0.15, -0.1) is 13.2 Å². The van der Waals surface area contributed by atoms with Crippen LogP contribution in [-0.2, 0) is 12.6 Å². The van der Waals surface area contributed by atoms with Gasteiger partial charge in [-0.3, -0.25) is 0 Å². The molecule has 10 heteroatoms. The van der Waals surface area contributed by atoms with Crippen LogP contribution in [0.4, 0.5) is 26.3 Å². The van der Waals surface area contributed by atoms with E-state index in [0.29, 0.717) is 6.20 Å². The first-order valence-electron chi connectivity index (χ1n) is 4.86. The highest BCUT2D eigenvalue weighted by molar-refractivity contribution is 5.48. The fourth-order valence-electron chi connectivity index (χ4n) is 1.41. The third-order valence-electron chi connectivity index (χ3n) is 2.05. The third kappa shape index (κ3) is 3.66. The van der Waals surface area contributed by atoms with Gasteiger partial charge in [-0.25, -0.2) is 4.98 Å². The van der Waals surface area contributed by atoms with Crippen molar-refractivity contribution in [1.82, 2.24) is 4.98 Å². The molecule has 1 heterocycles. The summed E-state index contributed by atoms with van der Waals surface area (Å²) in [6, 6.07) is 1.46. The molecule has 1 aromatic rings. The first kappa shape index (κ1) is 15.9. The van der Waals surface area contributed by atoms with E-state index in [4.69, 9.17) is 5.26 Å². The predicted octanol–water partition coefficient (Wildman–Crippen LogP) is 3.07. The van der Waals surface area contributed by atoms with Gasteiger partial charge in [0.15, 0.2) is 5.75 Å². The minimum absolute atomic E-state index is 0.496. The molecule has 0 aromatic carbocycles. The largest absolute Gasteiger partial charge is 0.574 e. The number of halogens is 6. The third-order valence-corrected chi connectivity index (χ3v) is 2.05. The van der Waals surface area contributed by atoms with E-state index < -0.39 is 41.7 Å². The van der Waals surface area contributed by atoms with Gasteiger partial charge in [-0.2, -0.15) is 18.4 Å². The topological polar surface area (TPSA) is 55.1 Å². The second kappa shape index (κ2) is 5.44.